The van der Waals surface area contributed by atoms with E-state index in [0.29, 0.717) is 30.3 Å². The molecular weight excluding hydrogens is 620 g/mol. The van der Waals surface area contributed by atoms with Gasteiger partial charge in [-0.3, -0.25) is 14.5 Å². The summed E-state index contributed by atoms with van der Waals surface area (Å²) in [7, 11) is 1.35. The number of aromatic nitrogens is 1. The number of nitrogens with zero attached hydrogens (tertiary/aromatic N) is 2. The number of thiazole rings is 1. The summed E-state index contributed by atoms with van der Waals surface area (Å²) in [6.45, 7) is 5.76. The summed E-state index contributed by atoms with van der Waals surface area (Å²) in [5.41, 5.74) is 0.575. The highest BCUT2D eigenvalue weighted by molar-refractivity contribution is 9.10. The Labute approximate surface area is 246 Å². The predicted molar refractivity (Wildman–Crippen MR) is 152 cm³/mol. The molecule has 1 aromatic heterocycles. The van der Waals surface area contributed by atoms with Crippen molar-refractivity contribution in [3.63, 3.8) is 0 Å². The van der Waals surface area contributed by atoms with Crippen LogP contribution in [0.25, 0.3) is 5.76 Å². The van der Waals surface area contributed by atoms with E-state index in [9.17, 15) is 24.6 Å². The molecule has 0 aliphatic carbocycles. The summed E-state index contributed by atoms with van der Waals surface area (Å²) >= 11 is 4.15. The molecule has 1 atom stereocenters. The smallest absolute Gasteiger partial charge is 0.350 e. The number of carbonyl (C=O) groups is 3. The summed E-state index contributed by atoms with van der Waals surface area (Å²) < 4.78 is 21.8. The van der Waals surface area contributed by atoms with E-state index in [4.69, 9.17) is 18.9 Å². The van der Waals surface area contributed by atoms with Crippen LogP contribution in [0.4, 0.5) is 5.13 Å². The average Bonchev–Trinajstić information content (AvgIpc) is 3.48. The van der Waals surface area contributed by atoms with Gasteiger partial charge < -0.3 is 29.2 Å². The van der Waals surface area contributed by atoms with Crippen molar-refractivity contribution < 1.29 is 43.5 Å². The summed E-state index contributed by atoms with van der Waals surface area (Å²) in [4.78, 5) is 45.4. The molecule has 0 radical (unpaired) electrons. The first-order valence-electron chi connectivity index (χ1n) is 12.2. The molecule has 2 N–H and O–H groups in total. The Morgan fingerprint density at radius 2 is 1.98 bits per heavy atom. The van der Waals surface area contributed by atoms with Gasteiger partial charge in [0.05, 0.1) is 28.9 Å². The number of ether oxygens (including phenoxy) is 4. The monoisotopic (exact) mass is 642 g/mol. The van der Waals surface area contributed by atoms with Crippen molar-refractivity contribution in [2.45, 2.75) is 13.0 Å². The lowest BCUT2D eigenvalue weighted by molar-refractivity contribution is -0.132. The Balaban J connectivity index is 1.70. The molecule has 1 amide bonds. The maximum Gasteiger partial charge on any atom is 0.350 e. The number of fused-ring (bicyclic) bond motifs is 1. The second kappa shape index (κ2) is 11.3. The van der Waals surface area contributed by atoms with Gasteiger partial charge in [-0.1, -0.05) is 24.0 Å². The van der Waals surface area contributed by atoms with Crippen LogP contribution >= 0.6 is 27.3 Å². The van der Waals surface area contributed by atoms with Crippen LogP contribution in [0.5, 0.6) is 23.0 Å². The number of carbonyl (C=O) groups excluding carboxylic acids is 3. The number of aromatic hydroxyl groups is 1. The summed E-state index contributed by atoms with van der Waals surface area (Å²) in [5, 5.41) is 21.9. The van der Waals surface area contributed by atoms with Crippen molar-refractivity contribution in [2.75, 3.05) is 31.8 Å². The van der Waals surface area contributed by atoms with Crippen LogP contribution in [0.3, 0.4) is 0 Å². The second-order valence-corrected chi connectivity index (χ2v) is 10.7. The van der Waals surface area contributed by atoms with Crippen molar-refractivity contribution in [3.05, 3.63) is 74.7 Å². The molecule has 0 saturated carbocycles. The topological polar surface area (TPSA) is 145 Å². The second-order valence-electron chi connectivity index (χ2n) is 8.88. The largest absolute Gasteiger partial charge is 0.507 e. The zero-order valence-corrected chi connectivity index (χ0v) is 24.2. The number of esters is 1. The quantitative estimate of drug-likeness (QED) is 0.123. The summed E-state index contributed by atoms with van der Waals surface area (Å²) in [5.74, 6) is -2.36. The van der Waals surface area contributed by atoms with Gasteiger partial charge in [0.15, 0.2) is 28.1 Å². The van der Waals surface area contributed by atoms with Crippen LogP contribution in [-0.4, -0.2) is 59.8 Å². The van der Waals surface area contributed by atoms with Crippen molar-refractivity contribution in [3.8, 4) is 23.0 Å². The van der Waals surface area contributed by atoms with E-state index in [2.05, 4.69) is 27.5 Å². The van der Waals surface area contributed by atoms with E-state index in [1.54, 1.807) is 19.1 Å². The minimum absolute atomic E-state index is 0.0209. The minimum atomic E-state index is -1.21. The summed E-state index contributed by atoms with van der Waals surface area (Å²) in [6.07, 6.45) is 1.42. The standard InChI is InChI=1S/C28H23BrN2O9S/c1-4-7-40-27(36)25-13(2)30-28(41-25)31-21(15-10-16(29)23(33)19(12-15)37-3)20(24(34)26(31)35)22(32)14-5-6-17-18(11-14)39-9-8-38-17/h4-6,10-12,21,32-33H,1,7-9H2,2-3H3. The number of rotatable bonds is 7. The van der Waals surface area contributed by atoms with Crippen molar-refractivity contribution in [1.29, 1.82) is 0 Å². The number of aryl methyl sites for hydroxylation is 1. The number of Topliss-reactive ketones (excluding diaryl/α,β-unsaturated/α-hetero) is 1. The van der Waals surface area contributed by atoms with Crippen LogP contribution in [0.1, 0.15) is 32.5 Å². The molecule has 0 bridgehead atoms. The van der Waals surface area contributed by atoms with Crippen LogP contribution in [0, 0.1) is 6.92 Å². The number of methoxy groups -OCH3 is 1. The third-order valence-electron chi connectivity index (χ3n) is 6.36. The van der Waals surface area contributed by atoms with E-state index >= 15 is 0 Å². The van der Waals surface area contributed by atoms with E-state index in [0.717, 1.165) is 16.2 Å². The van der Waals surface area contributed by atoms with Gasteiger partial charge in [0.2, 0.25) is 0 Å². The number of anilines is 1. The molecule has 41 heavy (non-hydrogen) atoms. The number of benzene rings is 2. The number of phenolic OH excluding ortho intramolecular Hbond substituents is 1. The van der Waals surface area contributed by atoms with Crippen molar-refractivity contribution in [1.82, 2.24) is 4.98 Å². The number of ketones is 1. The van der Waals surface area contributed by atoms with Crippen LogP contribution in [0.15, 0.2) is 53.0 Å². The molecule has 1 fully saturated rings. The molecule has 11 nitrogen and oxygen atoms in total. The van der Waals surface area contributed by atoms with Gasteiger partial charge in [0.1, 0.15) is 30.5 Å². The van der Waals surface area contributed by atoms with Crippen LogP contribution in [-0.2, 0) is 14.3 Å². The molecule has 3 aromatic rings. The average molecular weight is 643 g/mol. The van der Waals surface area contributed by atoms with Gasteiger partial charge in [0, 0.05) is 5.56 Å². The number of aliphatic hydroxyl groups excluding tert-OH is 1. The fourth-order valence-corrected chi connectivity index (χ4v) is 5.92. The first-order valence-corrected chi connectivity index (χ1v) is 13.8. The fourth-order valence-electron chi connectivity index (χ4n) is 4.47. The number of hydrogen-bond donors (Lipinski definition) is 2. The third kappa shape index (κ3) is 5.02. The van der Waals surface area contributed by atoms with Crippen LogP contribution < -0.4 is 19.1 Å². The summed E-state index contributed by atoms with van der Waals surface area (Å²) in [6, 6.07) is 6.39. The Bertz CT molecular complexity index is 1630. The maximum atomic E-state index is 13.6. The van der Waals surface area contributed by atoms with Gasteiger partial charge in [-0.2, -0.15) is 0 Å². The highest BCUT2D eigenvalue weighted by atomic mass is 79.9. The molecule has 13 heteroatoms. The van der Waals surface area contributed by atoms with Gasteiger partial charge in [-0.05, 0) is 58.7 Å². The maximum absolute atomic E-state index is 13.6. The minimum Gasteiger partial charge on any atom is -0.507 e. The van der Waals surface area contributed by atoms with E-state index < -0.39 is 29.5 Å². The lowest BCUT2D eigenvalue weighted by Crippen LogP contribution is -2.29. The molecule has 2 aliphatic rings. The molecule has 5 rings (SSSR count). The molecule has 2 aromatic carbocycles. The van der Waals surface area contributed by atoms with E-state index in [1.165, 1.54) is 31.4 Å². The Morgan fingerprint density at radius 1 is 1.24 bits per heavy atom. The van der Waals surface area contributed by atoms with Crippen molar-refractivity contribution in [2.24, 2.45) is 0 Å². The lowest BCUT2D eigenvalue weighted by Gasteiger charge is -2.24. The molecule has 3 heterocycles. The first kappa shape index (κ1) is 28.2. The molecule has 2 aliphatic heterocycles. The van der Waals surface area contributed by atoms with Crippen LogP contribution in [0.2, 0.25) is 0 Å². The zero-order valence-electron chi connectivity index (χ0n) is 21.8. The first-order chi connectivity index (χ1) is 19.7. The number of amides is 1. The third-order valence-corrected chi connectivity index (χ3v) is 8.10. The van der Waals surface area contributed by atoms with Crippen molar-refractivity contribution >= 4 is 55.8 Å². The number of aliphatic hydroxyl groups is 1. The Morgan fingerprint density at radius 3 is 2.68 bits per heavy atom. The number of hydrogen-bond acceptors (Lipinski definition) is 11. The van der Waals surface area contributed by atoms with Gasteiger partial charge in [-0.15, -0.1) is 0 Å². The lowest BCUT2D eigenvalue weighted by atomic mass is 9.95. The zero-order chi connectivity index (χ0) is 29.4. The number of halogens is 1. The SMILES string of the molecule is C=CCOC(=O)c1sc(N2C(=O)C(=O)C(=C(O)c3ccc4c(c3)OCCO4)C2c2cc(Br)c(O)c(OC)c2)nc1C. The molecule has 0 spiro atoms. The highest BCUT2D eigenvalue weighted by Gasteiger charge is 2.49. The van der Waals surface area contributed by atoms with E-state index in [1.807, 2.05) is 0 Å². The van der Waals surface area contributed by atoms with Gasteiger partial charge >= 0.3 is 11.9 Å². The molecular formula is C28H23BrN2O9S. The normalized spacial score (nSPS) is 17.4. The Kier molecular flexibility index (Phi) is 7.74. The van der Waals surface area contributed by atoms with E-state index in [-0.39, 0.29) is 49.4 Å². The van der Waals surface area contributed by atoms with Gasteiger partial charge in [-0.25, -0.2) is 9.78 Å². The van der Waals surface area contributed by atoms with Gasteiger partial charge in [0.25, 0.3) is 5.78 Å². The predicted octanol–water partition coefficient (Wildman–Crippen LogP) is 4.67. The molecule has 1 unspecified atom stereocenters. The highest BCUT2D eigenvalue weighted by Crippen LogP contribution is 2.47. The fraction of sp³-hybridized carbons (Fsp3) is 0.214. The molecule has 212 valence electrons. The number of phenols is 1. The molecule has 1 saturated heterocycles. The Hall–Kier alpha value is -4.36.